The minimum atomic E-state index is -0.332. The van der Waals surface area contributed by atoms with Gasteiger partial charge in [-0.05, 0) is 49.4 Å². The van der Waals surface area contributed by atoms with Crippen LogP contribution in [-0.2, 0) is 4.79 Å². The molecule has 6 heteroatoms. The van der Waals surface area contributed by atoms with Crippen LogP contribution in [0.15, 0.2) is 78.9 Å². The van der Waals surface area contributed by atoms with Gasteiger partial charge in [-0.1, -0.05) is 36.4 Å². The van der Waals surface area contributed by atoms with Crippen LogP contribution >= 0.6 is 0 Å². The van der Waals surface area contributed by atoms with Crippen LogP contribution in [0.4, 0.5) is 0 Å². The Bertz CT molecular complexity index is 988. The molecule has 6 nitrogen and oxygen atoms in total. The van der Waals surface area contributed by atoms with E-state index in [0.29, 0.717) is 17.1 Å². The van der Waals surface area contributed by atoms with Gasteiger partial charge >= 0.3 is 0 Å². The van der Waals surface area contributed by atoms with Crippen molar-refractivity contribution >= 4 is 11.8 Å². The Morgan fingerprint density at radius 1 is 0.867 bits per heavy atom. The van der Waals surface area contributed by atoms with Crippen LogP contribution < -0.4 is 20.1 Å². The third-order valence-corrected chi connectivity index (χ3v) is 4.49. The number of nitrogens with one attached hydrogen (secondary N) is 2. The fourth-order valence-corrected chi connectivity index (χ4v) is 2.96. The molecule has 3 aromatic carbocycles. The zero-order valence-electron chi connectivity index (χ0n) is 16.9. The summed E-state index contributed by atoms with van der Waals surface area (Å²) in [5.41, 5.74) is 1.31. The number of benzene rings is 3. The maximum Gasteiger partial charge on any atom is 0.251 e. The number of carbonyl (C=O) groups excluding carboxylic acids is 2. The monoisotopic (exact) mass is 404 g/mol. The molecular formula is C24H24N2O4. The van der Waals surface area contributed by atoms with Gasteiger partial charge in [-0.15, -0.1) is 0 Å². The van der Waals surface area contributed by atoms with Crippen LogP contribution in [0.1, 0.15) is 28.9 Å². The Balaban J connectivity index is 1.50. The summed E-state index contributed by atoms with van der Waals surface area (Å²) in [5, 5.41) is 5.49. The molecule has 0 spiro atoms. The molecule has 0 aliphatic carbocycles. The van der Waals surface area contributed by atoms with E-state index in [2.05, 4.69) is 10.6 Å². The van der Waals surface area contributed by atoms with Crippen molar-refractivity contribution in [2.75, 3.05) is 13.7 Å². The van der Waals surface area contributed by atoms with Crippen molar-refractivity contribution in [3.8, 4) is 17.2 Å². The molecule has 0 fully saturated rings. The highest BCUT2D eigenvalue weighted by Crippen LogP contribution is 2.24. The number of rotatable bonds is 8. The molecule has 0 saturated carbocycles. The molecule has 0 saturated heterocycles. The van der Waals surface area contributed by atoms with E-state index < -0.39 is 0 Å². The molecule has 2 amide bonds. The third kappa shape index (κ3) is 5.61. The fraction of sp³-hybridized carbons (Fsp3) is 0.167. The van der Waals surface area contributed by atoms with Gasteiger partial charge in [0.2, 0.25) is 5.91 Å². The van der Waals surface area contributed by atoms with Crippen molar-refractivity contribution in [1.82, 2.24) is 10.6 Å². The third-order valence-electron chi connectivity index (χ3n) is 4.49. The molecule has 0 aliphatic rings. The van der Waals surface area contributed by atoms with Crippen molar-refractivity contribution in [3.05, 3.63) is 90.0 Å². The Morgan fingerprint density at radius 2 is 1.50 bits per heavy atom. The Hall–Kier alpha value is -3.80. The molecule has 0 unspecified atom stereocenters. The van der Waals surface area contributed by atoms with E-state index in [9.17, 15) is 9.59 Å². The number of ether oxygens (including phenoxy) is 2. The van der Waals surface area contributed by atoms with Gasteiger partial charge in [-0.2, -0.15) is 0 Å². The van der Waals surface area contributed by atoms with Crippen LogP contribution in [0.5, 0.6) is 17.2 Å². The minimum absolute atomic E-state index is 0.124. The molecule has 30 heavy (non-hydrogen) atoms. The first-order valence-electron chi connectivity index (χ1n) is 9.60. The van der Waals surface area contributed by atoms with Crippen molar-refractivity contribution in [2.24, 2.45) is 0 Å². The van der Waals surface area contributed by atoms with Crippen LogP contribution in [0.25, 0.3) is 0 Å². The molecule has 3 rings (SSSR count). The first-order valence-corrected chi connectivity index (χ1v) is 9.60. The summed E-state index contributed by atoms with van der Waals surface area (Å²) in [6, 6.07) is 23.4. The summed E-state index contributed by atoms with van der Waals surface area (Å²) < 4.78 is 11.0. The molecule has 0 aromatic heterocycles. The predicted octanol–water partition coefficient (Wildman–Crippen LogP) is 4.09. The summed E-state index contributed by atoms with van der Waals surface area (Å²) in [6.45, 7) is 1.74. The second-order valence-corrected chi connectivity index (χ2v) is 6.65. The first-order chi connectivity index (χ1) is 14.6. The maximum atomic E-state index is 12.3. The molecule has 0 heterocycles. The zero-order chi connectivity index (χ0) is 21.3. The van der Waals surface area contributed by atoms with E-state index in [1.807, 2.05) is 61.5 Å². The smallest absolute Gasteiger partial charge is 0.251 e. The van der Waals surface area contributed by atoms with Gasteiger partial charge < -0.3 is 20.1 Å². The SMILES string of the molecule is COc1ccccc1[C@@H](C)NC(=O)CNC(=O)c1ccc(Oc2ccccc2)cc1. The summed E-state index contributed by atoms with van der Waals surface area (Å²) in [4.78, 5) is 24.6. The molecule has 3 aromatic rings. The normalized spacial score (nSPS) is 11.3. The number of methoxy groups -OCH3 is 1. The van der Waals surface area contributed by atoms with Crippen molar-refractivity contribution in [1.29, 1.82) is 0 Å². The van der Waals surface area contributed by atoms with Gasteiger partial charge in [0, 0.05) is 11.1 Å². The van der Waals surface area contributed by atoms with E-state index in [-0.39, 0.29) is 24.4 Å². The summed E-state index contributed by atoms with van der Waals surface area (Å²) in [5.74, 6) is 1.43. The van der Waals surface area contributed by atoms with Gasteiger partial charge in [-0.3, -0.25) is 9.59 Å². The lowest BCUT2D eigenvalue weighted by atomic mass is 10.1. The largest absolute Gasteiger partial charge is 0.496 e. The van der Waals surface area contributed by atoms with Crippen LogP contribution in [0.2, 0.25) is 0 Å². The van der Waals surface area contributed by atoms with E-state index in [1.54, 1.807) is 31.4 Å². The quantitative estimate of drug-likeness (QED) is 0.593. The zero-order valence-corrected chi connectivity index (χ0v) is 16.9. The van der Waals surface area contributed by atoms with E-state index in [1.165, 1.54) is 0 Å². The Labute approximate surface area is 175 Å². The van der Waals surface area contributed by atoms with Crippen molar-refractivity contribution < 1.29 is 19.1 Å². The lowest BCUT2D eigenvalue weighted by molar-refractivity contribution is -0.120. The molecule has 2 N–H and O–H groups in total. The van der Waals surface area contributed by atoms with Gasteiger partial charge in [0.15, 0.2) is 0 Å². The molecule has 154 valence electrons. The van der Waals surface area contributed by atoms with E-state index in [0.717, 1.165) is 11.3 Å². The fourth-order valence-electron chi connectivity index (χ4n) is 2.96. The topological polar surface area (TPSA) is 76.7 Å². The number of amides is 2. The average molecular weight is 404 g/mol. The molecule has 1 atom stereocenters. The lowest BCUT2D eigenvalue weighted by Gasteiger charge is -2.17. The summed E-state index contributed by atoms with van der Waals surface area (Å²) in [6.07, 6.45) is 0. The number of carbonyl (C=O) groups is 2. The van der Waals surface area contributed by atoms with Gasteiger partial charge in [0.05, 0.1) is 19.7 Å². The molecule has 0 aliphatic heterocycles. The van der Waals surface area contributed by atoms with Crippen LogP contribution in [0, 0.1) is 0 Å². The second kappa shape index (κ2) is 10.1. The van der Waals surface area contributed by atoms with E-state index >= 15 is 0 Å². The predicted molar refractivity (Wildman–Crippen MR) is 115 cm³/mol. The van der Waals surface area contributed by atoms with Gasteiger partial charge in [0.1, 0.15) is 17.2 Å². The van der Waals surface area contributed by atoms with Crippen molar-refractivity contribution in [3.63, 3.8) is 0 Å². The van der Waals surface area contributed by atoms with Crippen molar-refractivity contribution in [2.45, 2.75) is 13.0 Å². The summed E-state index contributed by atoms with van der Waals surface area (Å²) >= 11 is 0. The number of para-hydroxylation sites is 2. The van der Waals surface area contributed by atoms with E-state index in [4.69, 9.17) is 9.47 Å². The number of hydrogen-bond donors (Lipinski definition) is 2. The molecular weight excluding hydrogens is 380 g/mol. The Morgan fingerprint density at radius 3 is 2.20 bits per heavy atom. The Kier molecular flexibility index (Phi) is 7.05. The minimum Gasteiger partial charge on any atom is -0.496 e. The molecule has 0 bridgehead atoms. The van der Waals surface area contributed by atoms with Gasteiger partial charge in [0.25, 0.3) is 5.91 Å². The highest BCUT2D eigenvalue weighted by atomic mass is 16.5. The standard InChI is InChI=1S/C24H24N2O4/c1-17(21-10-6-7-11-22(21)29-2)26-23(27)16-25-24(28)18-12-14-20(15-13-18)30-19-8-4-3-5-9-19/h3-15,17H,16H2,1-2H3,(H,25,28)(H,26,27)/t17-/m1/s1. The average Bonchev–Trinajstić information content (AvgIpc) is 2.78. The summed E-state index contributed by atoms with van der Waals surface area (Å²) in [7, 11) is 1.59. The lowest BCUT2D eigenvalue weighted by Crippen LogP contribution is -2.38. The van der Waals surface area contributed by atoms with Crippen LogP contribution in [-0.4, -0.2) is 25.5 Å². The molecule has 0 radical (unpaired) electrons. The van der Waals surface area contributed by atoms with Gasteiger partial charge in [-0.25, -0.2) is 0 Å². The highest BCUT2D eigenvalue weighted by Gasteiger charge is 2.14. The maximum absolute atomic E-state index is 12.3. The van der Waals surface area contributed by atoms with Crippen LogP contribution in [0.3, 0.4) is 0 Å². The number of hydrogen-bond acceptors (Lipinski definition) is 4. The second-order valence-electron chi connectivity index (χ2n) is 6.65. The highest BCUT2D eigenvalue weighted by molar-refractivity contribution is 5.96. The first kappa shape index (κ1) is 20.9.